The lowest BCUT2D eigenvalue weighted by atomic mass is 10.2. The van der Waals surface area contributed by atoms with E-state index in [0.29, 0.717) is 11.6 Å². The van der Waals surface area contributed by atoms with Crippen molar-refractivity contribution in [1.82, 2.24) is 4.98 Å². The zero-order chi connectivity index (χ0) is 14.7. The molecule has 21 heavy (non-hydrogen) atoms. The molecule has 0 fully saturated rings. The number of oxazole rings is 1. The normalized spacial score (nSPS) is 10.5. The average molecular weight is 283 g/mol. The lowest BCUT2D eigenvalue weighted by Crippen LogP contribution is -2.12. The molecule has 0 saturated carbocycles. The lowest BCUT2D eigenvalue weighted by Gasteiger charge is -2.04. The molecule has 0 aliphatic rings. The van der Waals surface area contributed by atoms with Gasteiger partial charge in [0.15, 0.2) is 12.2 Å². The molecule has 0 spiro atoms. The highest BCUT2D eigenvalue weighted by Crippen LogP contribution is 2.25. The summed E-state index contributed by atoms with van der Waals surface area (Å²) in [4.78, 5) is 15.4. The number of ether oxygens (including phenoxy) is 2. The van der Waals surface area contributed by atoms with E-state index in [0.717, 1.165) is 16.7 Å². The minimum absolute atomic E-state index is 0.112. The van der Waals surface area contributed by atoms with Gasteiger partial charge in [0.1, 0.15) is 11.3 Å². The maximum absolute atomic E-state index is 11.0. The zero-order valence-electron chi connectivity index (χ0n) is 11.4. The summed E-state index contributed by atoms with van der Waals surface area (Å²) >= 11 is 0. The van der Waals surface area contributed by atoms with Crippen molar-refractivity contribution in [3.8, 4) is 17.2 Å². The van der Waals surface area contributed by atoms with E-state index in [-0.39, 0.29) is 6.61 Å². The van der Waals surface area contributed by atoms with Crippen LogP contribution in [0.1, 0.15) is 0 Å². The summed E-state index contributed by atoms with van der Waals surface area (Å²) in [5.74, 6) is 0.717. The van der Waals surface area contributed by atoms with Crippen LogP contribution in [0.15, 0.2) is 52.9 Å². The van der Waals surface area contributed by atoms with Crippen LogP contribution in [0.2, 0.25) is 0 Å². The predicted molar refractivity (Wildman–Crippen MR) is 77.0 cm³/mol. The van der Waals surface area contributed by atoms with Crippen LogP contribution < -0.4 is 4.74 Å². The molecular weight excluding hydrogens is 270 g/mol. The first-order valence-electron chi connectivity index (χ1n) is 6.42. The number of nitrogens with zero attached hydrogens (tertiary/aromatic N) is 1. The van der Waals surface area contributed by atoms with Gasteiger partial charge >= 0.3 is 5.97 Å². The maximum Gasteiger partial charge on any atom is 0.343 e. The first-order valence-corrected chi connectivity index (χ1v) is 6.42. The Kier molecular flexibility index (Phi) is 3.55. The molecule has 5 heteroatoms. The van der Waals surface area contributed by atoms with Gasteiger partial charge in [0.2, 0.25) is 5.89 Å². The van der Waals surface area contributed by atoms with E-state index >= 15 is 0 Å². The smallest absolute Gasteiger partial charge is 0.343 e. The first kappa shape index (κ1) is 13.2. The highest BCUT2D eigenvalue weighted by atomic mass is 16.6. The van der Waals surface area contributed by atoms with Gasteiger partial charge < -0.3 is 13.9 Å². The van der Waals surface area contributed by atoms with Crippen molar-refractivity contribution in [3.63, 3.8) is 0 Å². The quantitative estimate of drug-likeness (QED) is 0.689. The summed E-state index contributed by atoms with van der Waals surface area (Å²) in [5.41, 5.74) is 2.41. The second-order valence-corrected chi connectivity index (χ2v) is 4.38. The second-order valence-electron chi connectivity index (χ2n) is 4.38. The van der Waals surface area contributed by atoms with Crippen molar-refractivity contribution in [2.24, 2.45) is 0 Å². The molecule has 0 atom stereocenters. The van der Waals surface area contributed by atoms with Crippen LogP contribution in [-0.2, 0) is 9.53 Å². The van der Waals surface area contributed by atoms with Gasteiger partial charge in [-0.05, 0) is 36.4 Å². The summed E-state index contributed by atoms with van der Waals surface area (Å²) in [7, 11) is 1.32. The fourth-order valence-electron chi connectivity index (χ4n) is 1.89. The average Bonchev–Trinajstić information content (AvgIpc) is 2.97. The molecule has 0 saturated heterocycles. The van der Waals surface area contributed by atoms with Crippen molar-refractivity contribution in [1.29, 1.82) is 0 Å². The van der Waals surface area contributed by atoms with Crippen LogP contribution in [-0.4, -0.2) is 24.7 Å². The second kappa shape index (κ2) is 5.66. The van der Waals surface area contributed by atoms with Crippen LogP contribution in [0.4, 0.5) is 0 Å². The first-order chi connectivity index (χ1) is 10.3. The molecule has 0 bridgehead atoms. The SMILES string of the molecule is COC(=O)COc1ccc(-c2nc3ccccc3o2)cc1. The summed E-state index contributed by atoms with van der Waals surface area (Å²) in [6.45, 7) is -0.112. The highest BCUT2D eigenvalue weighted by Gasteiger charge is 2.08. The van der Waals surface area contributed by atoms with Crippen LogP contribution in [0.3, 0.4) is 0 Å². The molecule has 3 aromatic rings. The topological polar surface area (TPSA) is 61.6 Å². The number of methoxy groups -OCH3 is 1. The van der Waals surface area contributed by atoms with E-state index in [1.54, 1.807) is 12.1 Å². The van der Waals surface area contributed by atoms with Crippen LogP contribution in [0.25, 0.3) is 22.6 Å². The number of carbonyl (C=O) groups excluding carboxylic acids is 1. The Morgan fingerprint density at radius 2 is 1.90 bits per heavy atom. The number of para-hydroxylation sites is 2. The third kappa shape index (κ3) is 2.86. The Balaban J connectivity index is 1.78. The number of esters is 1. The molecule has 1 aromatic heterocycles. The molecule has 106 valence electrons. The number of benzene rings is 2. The van der Waals surface area contributed by atoms with Crippen molar-refractivity contribution in [3.05, 3.63) is 48.5 Å². The Hall–Kier alpha value is -2.82. The third-order valence-corrected chi connectivity index (χ3v) is 2.98. The van der Waals surface area contributed by atoms with Gasteiger partial charge in [-0.2, -0.15) is 0 Å². The minimum atomic E-state index is -0.418. The van der Waals surface area contributed by atoms with Gasteiger partial charge in [0, 0.05) is 5.56 Å². The number of hydrogen-bond donors (Lipinski definition) is 0. The van der Waals surface area contributed by atoms with Crippen molar-refractivity contribution in [2.45, 2.75) is 0 Å². The summed E-state index contributed by atoms with van der Waals surface area (Å²) in [6.07, 6.45) is 0. The van der Waals surface area contributed by atoms with E-state index in [1.165, 1.54) is 7.11 Å². The van der Waals surface area contributed by atoms with Crippen molar-refractivity contribution >= 4 is 17.1 Å². The highest BCUT2D eigenvalue weighted by molar-refractivity contribution is 5.76. The molecule has 0 aliphatic carbocycles. The van der Waals surface area contributed by atoms with E-state index < -0.39 is 5.97 Å². The standard InChI is InChI=1S/C16H13NO4/c1-19-15(18)10-20-12-8-6-11(7-9-12)16-17-13-4-2-3-5-14(13)21-16/h2-9H,10H2,1H3. The molecule has 5 nitrogen and oxygen atoms in total. The van der Waals surface area contributed by atoms with Crippen molar-refractivity contribution < 1.29 is 18.7 Å². The van der Waals surface area contributed by atoms with E-state index in [2.05, 4.69) is 9.72 Å². The van der Waals surface area contributed by atoms with Gasteiger partial charge in [-0.25, -0.2) is 9.78 Å². The molecule has 0 N–H and O–H groups in total. The largest absolute Gasteiger partial charge is 0.482 e. The third-order valence-electron chi connectivity index (χ3n) is 2.98. The minimum Gasteiger partial charge on any atom is -0.482 e. The van der Waals surface area contributed by atoms with Gasteiger partial charge in [-0.3, -0.25) is 0 Å². The van der Waals surface area contributed by atoms with Crippen LogP contribution >= 0.6 is 0 Å². The van der Waals surface area contributed by atoms with E-state index in [4.69, 9.17) is 9.15 Å². The lowest BCUT2D eigenvalue weighted by molar-refractivity contribution is -0.142. The number of fused-ring (bicyclic) bond motifs is 1. The Bertz CT molecular complexity index is 728. The van der Waals surface area contributed by atoms with E-state index in [1.807, 2.05) is 36.4 Å². The fourth-order valence-corrected chi connectivity index (χ4v) is 1.89. The summed E-state index contributed by atoms with van der Waals surface area (Å²) < 4.78 is 15.5. The van der Waals surface area contributed by atoms with Gasteiger partial charge in [0.05, 0.1) is 7.11 Å². The monoisotopic (exact) mass is 283 g/mol. The number of aromatic nitrogens is 1. The molecular formula is C16H13NO4. The Labute approximate surface area is 121 Å². The zero-order valence-corrected chi connectivity index (χ0v) is 11.4. The summed E-state index contributed by atoms with van der Waals surface area (Å²) in [5, 5.41) is 0. The molecule has 0 amide bonds. The molecule has 2 aromatic carbocycles. The van der Waals surface area contributed by atoms with Crippen LogP contribution in [0, 0.1) is 0 Å². The van der Waals surface area contributed by atoms with E-state index in [9.17, 15) is 4.79 Å². The molecule has 0 aliphatic heterocycles. The number of rotatable bonds is 4. The Morgan fingerprint density at radius 1 is 1.14 bits per heavy atom. The van der Waals surface area contributed by atoms with Gasteiger partial charge in [-0.15, -0.1) is 0 Å². The van der Waals surface area contributed by atoms with Gasteiger partial charge in [-0.1, -0.05) is 12.1 Å². The Morgan fingerprint density at radius 3 is 2.62 bits per heavy atom. The molecule has 1 heterocycles. The molecule has 0 unspecified atom stereocenters. The fraction of sp³-hybridized carbons (Fsp3) is 0.125. The number of hydrogen-bond acceptors (Lipinski definition) is 5. The predicted octanol–water partition coefficient (Wildman–Crippen LogP) is 3.05. The maximum atomic E-state index is 11.0. The number of carbonyl (C=O) groups is 1. The van der Waals surface area contributed by atoms with Crippen LogP contribution in [0.5, 0.6) is 5.75 Å². The molecule has 3 rings (SSSR count). The van der Waals surface area contributed by atoms with Gasteiger partial charge in [0.25, 0.3) is 0 Å². The van der Waals surface area contributed by atoms with Crippen molar-refractivity contribution in [2.75, 3.05) is 13.7 Å². The molecule has 0 radical (unpaired) electrons. The summed E-state index contributed by atoms with van der Waals surface area (Å²) in [6, 6.07) is 14.8.